The van der Waals surface area contributed by atoms with Crippen molar-refractivity contribution in [2.24, 2.45) is 0 Å². The molecule has 20 heavy (non-hydrogen) atoms. The molecular formula is C14H20O5S. The zero-order valence-electron chi connectivity index (χ0n) is 11.8. The van der Waals surface area contributed by atoms with E-state index in [-0.39, 0.29) is 10.7 Å². The van der Waals surface area contributed by atoms with E-state index in [2.05, 4.69) is 0 Å². The molecule has 0 spiro atoms. The van der Waals surface area contributed by atoms with Crippen LogP contribution < -0.4 is 4.74 Å². The van der Waals surface area contributed by atoms with Crippen LogP contribution in [0, 0.1) is 0 Å². The number of benzene rings is 1. The molecule has 0 saturated carbocycles. The molecule has 0 N–H and O–H groups in total. The molecule has 1 aromatic carbocycles. The predicted octanol–water partition coefficient (Wildman–Crippen LogP) is 2.55. The van der Waals surface area contributed by atoms with Crippen LogP contribution in [0.4, 0.5) is 0 Å². The summed E-state index contributed by atoms with van der Waals surface area (Å²) in [5.74, 6) is 0.381. The first-order valence-corrected chi connectivity index (χ1v) is 8.04. The van der Waals surface area contributed by atoms with Gasteiger partial charge in [-0.25, -0.2) is 0 Å². The number of ether oxygens (including phenoxy) is 1. The van der Waals surface area contributed by atoms with Crippen molar-refractivity contribution in [1.82, 2.24) is 0 Å². The fourth-order valence-corrected chi connectivity index (χ4v) is 2.42. The van der Waals surface area contributed by atoms with Crippen LogP contribution in [0.15, 0.2) is 29.2 Å². The van der Waals surface area contributed by atoms with Crippen molar-refractivity contribution >= 4 is 15.9 Å². The van der Waals surface area contributed by atoms with Gasteiger partial charge in [-0.05, 0) is 37.6 Å². The van der Waals surface area contributed by atoms with E-state index in [1.165, 1.54) is 12.1 Å². The van der Waals surface area contributed by atoms with Crippen molar-refractivity contribution in [1.29, 1.82) is 0 Å². The van der Waals surface area contributed by atoms with Gasteiger partial charge in [-0.2, -0.15) is 8.42 Å². The summed E-state index contributed by atoms with van der Waals surface area (Å²) in [5.41, 5.74) is 0. The topological polar surface area (TPSA) is 69.7 Å². The Bertz CT molecular complexity index is 519. The van der Waals surface area contributed by atoms with E-state index < -0.39 is 16.7 Å². The van der Waals surface area contributed by atoms with Crippen molar-refractivity contribution in [2.45, 2.75) is 38.0 Å². The van der Waals surface area contributed by atoms with Gasteiger partial charge >= 0.3 is 0 Å². The fourth-order valence-electron chi connectivity index (χ4n) is 1.53. The molecule has 0 aromatic heterocycles. The monoisotopic (exact) mass is 300 g/mol. The first-order chi connectivity index (χ1) is 9.49. The Morgan fingerprint density at radius 1 is 1.15 bits per heavy atom. The van der Waals surface area contributed by atoms with Gasteiger partial charge < -0.3 is 4.74 Å². The Kier molecular flexibility index (Phi) is 6.67. The summed E-state index contributed by atoms with van der Waals surface area (Å²) < 4.78 is 33.7. The Hall–Kier alpha value is -1.40. The van der Waals surface area contributed by atoms with E-state index in [4.69, 9.17) is 8.92 Å². The van der Waals surface area contributed by atoms with Crippen molar-refractivity contribution in [2.75, 3.05) is 13.2 Å². The average Bonchev–Trinajstić information content (AvgIpc) is 2.44. The van der Waals surface area contributed by atoms with Crippen molar-refractivity contribution in [3.05, 3.63) is 24.3 Å². The summed E-state index contributed by atoms with van der Waals surface area (Å²) in [6, 6.07) is 5.91. The maximum atomic E-state index is 11.9. The summed E-state index contributed by atoms with van der Waals surface area (Å²) >= 11 is 0. The van der Waals surface area contributed by atoms with Gasteiger partial charge in [0.15, 0.2) is 5.78 Å². The molecule has 0 aliphatic carbocycles. The van der Waals surface area contributed by atoms with Gasteiger partial charge in [0, 0.05) is 6.42 Å². The molecule has 0 unspecified atom stereocenters. The molecule has 0 radical (unpaired) electrons. The molecule has 0 aliphatic rings. The number of hydrogen-bond acceptors (Lipinski definition) is 5. The minimum atomic E-state index is -3.89. The minimum Gasteiger partial charge on any atom is -0.494 e. The molecular weight excluding hydrogens is 280 g/mol. The van der Waals surface area contributed by atoms with Crippen molar-refractivity contribution < 1.29 is 22.1 Å². The maximum Gasteiger partial charge on any atom is 0.297 e. The molecule has 0 amide bonds. The first-order valence-electron chi connectivity index (χ1n) is 6.63. The van der Waals surface area contributed by atoms with Gasteiger partial charge in [0.2, 0.25) is 0 Å². The SMILES string of the molecule is CCCCC(=O)COS(=O)(=O)c1ccc(OCC)cc1. The second-order valence-electron chi connectivity index (χ2n) is 4.26. The van der Waals surface area contributed by atoms with Crippen LogP contribution in [-0.2, 0) is 19.1 Å². The van der Waals surface area contributed by atoms with E-state index in [0.29, 0.717) is 18.8 Å². The first kappa shape index (κ1) is 16.7. The van der Waals surface area contributed by atoms with Gasteiger partial charge in [0.05, 0.1) is 11.5 Å². The third-order valence-corrected chi connectivity index (χ3v) is 3.89. The van der Waals surface area contributed by atoms with E-state index >= 15 is 0 Å². The molecule has 1 aromatic rings. The predicted molar refractivity (Wildman–Crippen MR) is 75.3 cm³/mol. The van der Waals surface area contributed by atoms with Crippen LogP contribution >= 0.6 is 0 Å². The van der Waals surface area contributed by atoms with E-state index in [1.807, 2.05) is 13.8 Å². The van der Waals surface area contributed by atoms with E-state index in [1.54, 1.807) is 12.1 Å². The lowest BCUT2D eigenvalue weighted by atomic mass is 10.2. The van der Waals surface area contributed by atoms with Crippen LogP contribution in [0.5, 0.6) is 5.75 Å². The van der Waals surface area contributed by atoms with Crippen LogP contribution in [0.3, 0.4) is 0 Å². The molecule has 0 heterocycles. The molecule has 0 saturated heterocycles. The van der Waals surface area contributed by atoms with Gasteiger partial charge in [0.25, 0.3) is 10.1 Å². The van der Waals surface area contributed by atoms with Crippen molar-refractivity contribution in [3.63, 3.8) is 0 Å². The Morgan fingerprint density at radius 3 is 2.35 bits per heavy atom. The summed E-state index contributed by atoms with van der Waals surface area (Å²) in [7, 11) is -3.89. The van der Waals surface area contributed by atoms with Gasteiger partial charge in [-0.15, -0.1) is 0 Å². The van der Waals surface area contributed by atoms with Crippen LogP contribution in [0.25, 0.3) is 0 Å². The lowest BCUT2D eigenvalue weighted by molar-refractivity contribution is -0.121. The highest BCUT2D eigenvalue weighted by atomic mass is 32.2. The minimum absolute atomic E-state index is 0.0178. The van der Waals surface area contributed by atoms with Gasteiger partial charge in [-0.1, -0.05) is 13.3 Å². The summed E-state index contributed by atoms with van der Waals surface area (Å²) in [4.78, 5) is 11.4. The number of rotatable bonds is 9. The lowest BCUT2D eigenvalue weighted by Gasteiger charge is -2.06. The zero-order valence-corrected chi connectivity index (χ0v) is 12.6. The Balaban J connectivity index is 2.62. The number of carbonyl (C=O) groups excluding carboxylic acids is 1. The van der Waals surface area contributed by atoms with E-state index in [9.17, 15) is 13.2 Å². The second kappa shape index (κ2) is 8.01. The number of hydrogen-bond donors (Lipinski definition) is 0. The third kappa shape index (κ3) is 5.30. The largest absolute Gasteiger partial charge is 0.494 e. The fraction of sp³-hybridized carbons (Fsp3) is 0.500. The highest BCUT2D eigenvalue weighted by Crippen LogP contribution is 2.17. The molecule has 5 nitrogen and oxygen atoms in total. The molecule has 0 fully saturated rings. The molecule has 1 rings (SSSR count). The standard InChI is InChI=1S/C14H20O5S/c1-3-5-6-12(15)11-19-20(16,17)14-9-7-13(8-10-14)18-4-2/h7-10H,3-6,11H2,1-2H3. The van der Waals surface area contributed by atoms with Gasteiger partial charge in [-0.3, -0.25) is 8.98 Å². The normalized spacial score (nSPS) is 11.3. The molecule has 0 aliphatic heterocycles. The molecule has 0 atom stereocenters. The molecule has 112 valence electrons. The summed E-state index contributed by atoms with van der Waals surface area (Å²) in [5, 5.41) is 0. The molecule has 6 heteroatoms. The number of Topliss-reactive ketones (excluding diaryl/α,β-unsaturated/α-hetero) is 1. The third-order valence-electron chi connectivity index (χ3n) is 2.61. The highest BCUT2D eigenvalue weighted by Gasteiger charge is 2.17. The van der Waals surface area contributed by atoms with Crippen molar-refractivity contribution in [3.8, 4) is 5.75 Å². The Labute approximate surface area is 120 Å². The van der Waals surface area contributed by atoms with Crippen LogP contribution in [0.1, 0.15) is 33.1 Å². The second-order valence-corrected chi connectivity index (χ2v) is 5.88. The summed E-state index contributed by atoms with van der Waals surface area (Å²) in [6.07, 6.45) is 1.97. The van der Waals surface area contributed by atoms with Crippen LogP contribution in [-0.4, -0.2) is 27.4 Å². The van der Waals surface area contributed by atoms with Gasteiger partial charge in [0.1, 0.15) is 12.4 Å². The van der Waals surface area contributed by atoms with Crippen LogP contribution in [0.2, 0.25) is 0 Å². The van der Waals surface area contributed by atoms with E-state index in [0.717, 1.165) is 12.8 Å². The summed E-state index contributed by atoms with van der Waals surface area (Å²) in [6.45, 7) is 3.91. The smallest absolute Gasteiger partial charge is 0.297 e. The number of ketones is 1. The number of carbonyl (C=O) groups is 1. The number of unbranched alkanes of at least 4 members (excludes halogenated alkanes) is 1. The zero-order chi connectivity index (χ0) is 15.0. The Morgan fingerprint density at radius 2 is 1.80 bits per heavy atom. The highest BCUT2D eigenvalue weighted by molar-refractivity contribution is 7.86. The quantitative estimate of drug-likeness (QED) is 0.655. The lowest BCUT2D eigenvalue weighted by Crippen LogP contribution is -2.14. The maximum absolute atomic E-state index is 11.9. The molecule has 0 bridgehead atoms. The average molecular weight is 300 g/mol.